The number of fused-ring (bicyclic) bond motifs is 1. The first-order valence-corrected chi connectivity index (χ1v) is 10.3. The highest BCUT2D eigenvalue weighted by molar-refractivity contribution is 6.21. The lowest BCUT2D eigenvalue weighted by molar-refractivity contribution is -0.114. The third-order valence-electron chi connectivity index (χ3n) is 5.15. The number of nitrogens with zero attached hydrogens (tertiary/aromatic N) is 5. The van der Waals surface area contributed by atoms with E-state index in [2.05, 4.69) is 15.5 Å². The van der Waals surface area contributed by atoms with Gasteiger partial charge in [-0.1, -0.05) is 0 Å². The van der Waals surface area contributed by atoms with Crippen molar-refractivity contribution in [2.75, 3.05) is 44.1 Å². The van der Waals surface area contributed by atoms with E-state index in [1.165, 1.54) is 19.1 Å². The van der Waals surface area contributed by atoms with Crippen molar-refractivity contribution >= 4 is 40.5 Å². The molecule has 0 saturated heterocycles. The Morgan fingerprint density at radius 2 is 1.82 bits per heavy atom. The summed E-state index contributed by atoms with van der Waals surface area (Å²) >= 11 is 0. The van der Waals surface area contributed by atoms with Crippen LogP contribution in [0.5, 0.6) is 0 Å². The number of nitriles is 1. The summed E-state index contributed by atoms with van der Waals surface area (Å²) in [7, 11) is 3.52. The number of amides is 3. The van der Waals surface area contributed by atoms with Crippen molar-refractivity contribution in [3.05, 3.63) is 47.0 Å². The molecule has 3 amide bonds. The number of carbonyl (C=O) groups is 3. The molecule has 10 heteroatoms. The van der Waals surface area contributed by atoms with Gasteiger partial charge in [0.25, 0.3) is 11.8 Å². The van der Waals surface area contributed by atoms with E-state index in [4.69, 9.17) is 4.74 Å². The molecule has 1 N–H and O–H groups in total. The van der Waals surface area contributed by atoms with Gasteiger partial charge in [-0.05, 0) is 37.3 Å². The van der Waals surface area contributed by atoms with Crippen LogP contribution in [0.25, 0.3) is 0 Å². The second-order valence-electron chi connectivity index (χ2n) is 7.38. The Bertz CT molecular complexity index is 1180. The zero-order valence-corrected chi connectivity index (χ0v) is 18.9. The molecule has 1 heterocycles. The molecule has 2 aromatic rings. The van der Waals surface area contributed by atoms with Gasteiger partial charge in [-0.2, -0.15) is 5.26 Å². The first-order valence-electron chi connectivity index (χ1n) is 10.3. The molecule has 3 rings (SSSR count). The molecule has 170 valence electrons. The van der Waals surface area contributed by atoms with E-state index in [0.717, 1.165) is 10.6 Å². The standard InChI is InChI=1S/C23H24N6O4/c1-5-29-22(31)17-10-15(13-24)20(12-18(17)23(29)32)27-26-19-7-6-16(28(3)8-9-33-4)11-21(19)25-14(2)30/h6-7,10-12H,5,8-9H2,1-4H3,(H,25,30). The molecule has 0 fully saturated rings. The predicted molar refractivity (Wildman–Crippen MR) is 122 cm³/mol. The smallest absolute Gasteiger partial charge is 0.261 e. The highest BCUT2D eigenvalue weighted by Gasteiger charge is 2.35. The molecule has 0 aliphatic carbocycles. The maximum absolute atomic E-state index is 12.5. The Hall–Kier alpha value is -4.10. The molecule has 0 atom stereocenters. The van der Waals surface area contributed by atoms with Crippen LogP contribution in [-0.2, 0) is 9.53 Å². The molecule has 33 heavy (non-hydrogen) atoms. The molecule has 1 aliphatic rings. The summed E-state index contributed by atoms with van der Waals surface area (Å²) < 4.78 is 5.10. The number of hydrogen-bond donors (Lipinski definition) is 1. The summed E-state index contributed by atoms with van der Waals surface area (Å²) in [5.74, 6) is -1.14. The van der Waals surface area contributed by atoms with E-state index in [1.54, 1.807) is 26.2 Å². The monoisotopic (exact) mass is 448 g/mol. The van der Waals surface area contributed by atoms with Crippen LogP contribution in [0, 0.1) is 11.3 Å². The van der Waals surface area contributed by atoms with Gasteiger partial charge < -0.3 is 15.0 Å². The minimum absolute atomic E-state index is 0.119. The number of carbonyl (C=O) groups excluding carboxylic acids is 3. The number of ether oxygens (including phenoxy) is 1. The summed E-state index contributed by atoms with van der Waals surface area (Å²) in [5.41, 5.74) is 2.30. The Labute approximate surface area is 191 Å². The fourth-order valence-corrected chi connectivity index (χ4v) is 3.39. The van der Waals surface area contributed by atoms with Gasteiger partial charge >= 0.3 is 0 Å². The second kappa shape index (κ2) is 10.0. The molecule has 0 bridgehead atoms. The molecule has 0 saturated carbocycles. The lowest BCUT2D eigenvalue weighted by Crippen LogP contribution is -2.29. The van der Waals surface area contributed by atoms with Crippen LogP contribution in [0.3, 0.4) is 0 Å². The van der Waals surface area contributed by atoms with Crippen molar-refractivity contribution < 1.29 is 19.1 Å². The van der Waals surface area contributed by atoms with Crippen LogP contribution in [-0.4, -0.2) is 56.5 Å². The zero-order valence-electron chi connectivity index (χ0n) is 18.9. The zero-order chi connectivity index (χ0) is 24.1. The molecule has 2 aromatic carbocycles. The number of hydrogen-bond acceptors (Lipinski definition) is 8. The van der Waals surface area contributed by atoms with Crippen LogP contribution >= 0.6 is 0 Å². The minimum atomic E-state index is -0.432. The van der Waals surface area contributed by atoms with Crippen LogP contribution in [0.2, 0.25) is 0 Å². The van der Waals surface area contributed by atoms with E-state index in [0.29, 0.717) is 24.5 Å². The first kappa shape index (κ1) is 23.6. The third-order valence-corrected chi connectivity index (χ3v) is 5.15. The molecule has 0 aromatic heterocycles. The van der Waals surface area contributed by atoms with E-state index in [1.807, 2.05) is 24.1 Å². The van der Waals surface area contributed by atoms with Gasteiger partial charge in [0.1, 0.15) is 17.4 Å². The fraction of sp³-hybridized carbons (Fsp3) is 0.304. The summed E-state index contributed by atoms with van der Waals surface area (Å²) in [6.45, 7) is 4.51. The number of methoxy groups -OCH3 is 1. The number of azo groups is 1. The quantitative estimate of drug-likeness (QED) is 0.485. The van der Waals surface area contributed by atoms with E-state index in [9.17, 15) is 19.6 Å². The molecular weight excluding hydrogens is 424 g/mol. The highest BCUT2D eigenvalue weighted by atomic mass is 16.5. The fourth-order valence-electron chi connectivity index (χ4n) is 3.39. The average Bonchev–Trinajstić information content (AvgIpc) is 3.03. The number of nitrogens with one attached hydrogen (secondary N) is 1. The summed E-state index contributed by atoms with van der Waals surface area (Å²) in [5, 5.41) is 20.6. The number of imide groups is 1. The van der Waals surface area contributed by atoms with Crippen LogP contribution in [0.15, 0.2) is 40.6 Å². The molecular formula is C23H24N6O4. The van der Waals surface area contributed by atoms with Gasteiger partial charge in [-0.25, -0.2) is 0 Å². The lowest BCUT2D eigenvalue weighted by atomic mass is 10.0. The van der Waals surface area contributed by atoms with Crippen molar-refractivity contribution in [2.24, 2.45) is 10.2 Å². The van der Waals surface area contributed by atoms with Crippen molar-refractivity contribution in [1.82, 2.24) is 4.90 Å². The number of likely N-dealkylation sites (N-methyl/N-ethyl adjacent to an activating group) is 1. The van der Waals surface area contributed by atoms with Crippen molar-refractivity contribution in [1.29, 1.82) is 5.26 Å². The van der Waals surface area contributed by atoms with Crippen molar-refractivity contribution in [3.63, 3.8) is 0 Å². The van der Waals surface area contributed by atoms with Gasteiger partial charge in [-0.15, -0.1) is 10.2 Å². The largest absolute Gasteiger partial charge is 0.383 e. The predicted octanol–water partition coefficient (Wildman–Crippen LogP) is 3.63. The Morgan fingerprint density at radius 3 is 2.42 bits per heavy atom. The van der Waals surface area contributed by atoms with E-state index >= 15 is 0 Å². The van der Waals surface area contributed by atoms with E-state index < -0.39 is 11.8 Å². The average molecular weight is 448 g/mol. The van der Waals surface area contributed by atoms with Crippen LogP contribution in [0.1, 0.15) is 40.1 Å². The Kier molecular flexibility index (Phi) is 7.15. The topological polar surface area (TPSA) is 127 Å². The van der Waals surface area contributed by atoms with Gasteiger partial charge in [0.15, 0.2) is 0 Å². The molecule has 0 unspecified atom stereocenters. The maximum atomic E-state index is 12.5. The van der Waals surface area contributed by atoms with Crippen LogP contribution < -0.4 is 10.2 Å². The number of benzene rings is 2. The normalized spacial score (nSPS) is 12.8. The highest BCUT2D eigenvalue weighted by Crippen LogP contribution is 2.34. The van der Waals surface area contributed by atoms with Gasteiger partial charge in [0.2, 0.25) is 5.91 Å². The second-order valence-corrected chi connectivity index (χ2v) is 7.38. The molecule has 1 aliphatic heterocycles. The SMILES string of the molecule is CCN1C(=O)c2cc(C#N)c(N=Nc3ccc(N(C)CCOC)cc3NC(C)=O)cc2C1=O. The van der Waals surface area contributed by atoms with E-state index in [-0.39, 0.29) is 34.8 Å². The maximum Gasteiger partial charge on any atom is 0.261 e. The Morgan fingerprint density at radius 1 is 1.15 bits per heavy atom. The number of rotatable bonds is 8. The van der Waals surface area contributed by atoms with Crippen molar-refractivity contribution in [3.8, 4) is 6.07 Å². The van der Waals surface area contributed by atoms with Crippen LogP contribution in [0.4, 0.5) is 22.7 Å². The van der Waals surface area contributed by atoms with Gasteiger partial charge in [0, 0.05) is 39.9 Å². The third kappa shape index (κ3) is 4.88. The Balaban J connectivity index is 1.99. The number of anilines is 2. The van der Waals surface area contributed by atoms with Gasteiger partial charge in [-0.3, -0.25) is 19.3 Å². The summed E-state index contributed by atoms with van der Waals surface area (Å²) in [6.07, 6.45) is 0. The summed E-state index contributed by atoms with van der Waals surface area (Å²) in [4.78, 5) is 39.7. The molecule has 10 nitrogen and oxygen atoms in total. The molecule has 0 spiro atoms. The summed E-state index contributed by atoms with van der Waals surface area (Å²) in [6, 6.07) is 10.0. The lowest BCUT2D eigenvalue weighted by Gasteiger charge is -2.20. The molecule has 0 radical (unpaired) electrons. The van der Waals surface area contributed by atoms with Crippen molar-refractivity contribution in [2.45, 2.75) is 13.8 Å². The first-order chi connectivity index (χ1) is 15.8. The van der Waals surface area contributed by atoms with Gasteiger partial charge in [0.05, 0.1) is 29.0 Å². The minimum Gasteiger partial charge on any atom is -0.383 e.